The van der Waals surface area contributed by atoms with E-state index in [1.807, 2.05) is 24.3 Å². The maximum Gasteiger partial charge on any atom is 0.316 e. The van der Waals surface area contributed by atoms with Crippen molar-refractivity contribution in [1.29, 1.82) is 0 Å². The number of esters is 1. The van der Waals surface area contributed by atoms with Crippen LogP contribution in [0.1, 0.15) is 5.89 Å². The highest BCUT2D eigenvalue weighted by Gasteiger charge is 2.11. The number of thioether (sulfide) groups is 2. The molecule has 114 valence electrons. The van der Waals surface area contributed by atoms with Gasteiger partial charge in [-0.2, -0.15) is 0 Å². The van der Waals surface area contributed by atoms with Crippen LogP contribution in [0.15, 0.2) is 38.2 Å². The lowest BCUT2D eigenvalue weighted by Crippen LogP contribution is -2.02. The number of hydrogen-bond acceptors (Lipinski definition) is 9. The first-order valence-corrected chi connectivity index (χ1v) is 9.04. The molecule has 0 saturated carbocycles. The molecule has 2 aromatic heterocycles. The minimum absolute atomic E-state index is 0.156. The van der Waals surface area contributed by atoms with Gasteiger partial charge < -0.3 is 9.15 Å². The molecule has 1 aromatic carbocycles. The second-order valence-electron chi connectivity index (χ2n) is 4.06. The zero-order valence-corrected chi connectivity index (χ0v) is 14.0. The van der Waals surface area contributed by atoms with Crippen molar-refractivity contribution in [2.75, 3.05) is 12.9 Å². The van der Waals surface area contributed by atoms with Gasteiger partial charge in [-0.05, 0) is 12.1 Å². The van der Waals surface area contributed by atoms with Gasteiger partial charge in [0.15, 0.2) is 4.34 Å². The highest BCUT2D eigenvalue weighted by molar-refractivity contribution is 8.00. The highest BCUT2D eigenvalue weighted by Crippen LogP contribution is 2.31. The topological polar surface area (TPSA) is 78.1 Å². The van der Waals surface area contributed by atoms with Crippen molar-refractivity contribution < 1.29 is 13.9 Å². The van der Waals surface area contributed by atoms with E-state index in [1.165, 1.54) is 7.11 Å². The van der Waals surface area contributed by atoms with Crippen molar-refractivity contribution in [1.82, 2.24) is 15.2 Å². The van der Waals surface area contributed by atoms with Gasteiger partial charge in [0.25, 0.3) is 5.22 Å². The van der Waals surface area contributed by atoms with E-state index < -0.39 is 0 Å². The molecule has 0 aliphatic rings. The number of methoxy groups -OCH3 is 1. The molecule has 6 nitrogen and oxygen atoms in total. The Hall–Kier alpha value is -1.58. The number of aromatic nitrogens is 3. The van der Waals surface area contributed by atoms with Gasteiger partial charge in [0.2, 0.25) is 5.89 Å². The summed E-state index contributed by atoms with van der Waals surface area (Å²) in [5.41, 5.74) is 0.995. The van der Waals surface area contributed by atoms with E-state index in [4.69, 9.17) is 4.42 Å². The summed E-state index contributed by atoms with van der Waals surface area (Å²) >= 11 is 4.35. The summed E-state index contributed by atoms with van der Waals surface area (Å²) in [6.07, 6.45) is 0. The van der Waals surface area contributed by atoms with Gasteiger partial charge in [-0.25, -0.2) is 4.98 Å². The number of ether oxygens (including phenoxy) is 1. The van der Waals surface area contributed by atoms with E-state index in [-0.39, 0.29) is 11.7 Å². The van der Waals surface area contributed by atoms with Crippen molar-refractivity contribution in [3.63, 3.8) is 0 Å². The fourth-order valence-corrected chi connectivity index (χ4v) is 4.09. The summed E-state index contributed by atoms with van der Waals surface area (Å²) in [6, 6.07) is 8.01. The predicted molar refractivity (Wildman–Crippen MR) is 86.2 cm³/mol. The minimum Gasteiger partial charge on any atom is -0.468 e. The number of benzene rings is 1. The fourth-order valence-electron chi connectivity index (χ4n) is 1.57. The quantitative estimate of drug-likeness (QED) is 0.494. The normalized spacial score (nSPS) is 11.0. The number of rotatable bonds is 6. The first-order valence-electron chi connectivity index (χ1n) is 6.25. The average molecular weight is 353 g/mol. The predicted octanol–water partition coefficient (Wildman–Crippen LogP) is 3.24. The molecule has 0 aliphatic heterocycles. The fraction of sp³-hybridized carbons (Fsp3) is 0.231. The third kappa shape index (κ3) is 3.79. The van der Waals surface area contributed by atoms with E-state index in [0.29, 0.717) is 16.9 Å². The number of thiazole rings is 1. The van der Waals surface area contributed by atoms with Crippen LogP contribution in [0, 0.1) is 0 Å². The number of nitrogens with zero attached hydrogens (tertiary/aromatic N) is 3. The van der Waals surface area contributed by atoms with Crippen LogP contribution in [-0.4, -0.2) is 34.0 Å². The number of fused-ring (bicyclic) bond motifs is 1. The monoisotopic (exact) mass is 353 g/mol. The summed E-state index contributed by atoms with van der Waals surface area (Å²) in [5, 5.41) is 8.21. The molecule has 0 amide bonds. The molecule has 0 spiro atoms. The van der Waals surface area contributed by atoms with Crippen LogP contribution in [0.5, 0.6) is 0 Å². The molecule has 22 heavy (non-hydrogen) atoms. The molecule has 0 bridgehead atoms. The van der Waals surface area contributed by atoms with Crippen molar-refractivity contribution in [3.05, 3.63) is 30.2 Å². The van der Waals surface area contributed by atoms with Gasteiger partial charge in [0.05, 0.1) is 23.1 Å². The lowest BCUT2D eigenvalue weighted by atomic mass is 10.3. The molecule has 0 N–H and O–H groups in total. The lowest BCUT2D eigenvalue weighted by Gasteiger charge is -1.94. The Morgan fingerprint density at radius 2 is 2.18 bits per heavy atom. The van der Waals surface area contributed by atoms with Crippen molar-refractivity contribution in [3.8, 4) is 0 Å². The minimum atomic E-state index is -0.325. The zero-order chi connectivity index (χ0) is 15.4. The first kappa shape index (κ1) is 15.3. The lowest BCUT2D eigenvalue weighted by molar-refractivity contribution is -0.137. The largest absolute Gasteiger partial charge is 0.468 e. The Morgan fingerprint density at radius 3 is 3.00 bits per heavy atom. The molecule has 3 rings (SSSR count). The molecule has 9 heteroatoms. The summed E-state index contributed by atoms with van der Waals surface area (Å²) in [6.45, 7) is 0. The Morgan fingerprint density at radius 1 is 1.32 bits per heavy atom. The Labute approximate surface area is 138 Å². The standard InChI is InChI=1S/C13H11N3O3S3/c1-18-11(17)7-20-12-16-15-10(19-12)6-21-13-14-8-4-2-3-5-9(8)22-13/h2-5H,6-7H2,1H3. The van der Waals surface area contributed by atoms with Crippen molar-refractivity contribution in [2.24, 2.45) is 0 Å². The molecule has 0 fully saturated rings. The third-order valence-corrected chi connectivity index (χ3v) is 5.54. The van der Waals surface area contributed by atoms with Crippen LogP contribution in [-0.2, 0) is 15.3 Å². The smallest absolute Gasteiger partial charge is 0.316 e. The SMILES string of the molecule is COC(=O)CSc1nnc(CSc2nc3ccccc3s2)o1. The molecule has 0 unspecified atom stereocenters. The first-order chi connectivity index (χ1) is 10.7. The molecular weight excluding hydrogens is 342 g/mol. The third-order valence-electron chi connectivity index (χ3n) is 2.58. The second kappa shape index (κ2) is 7.12. The van der Waals surface area contributed by atoms with Gasteiger partial charge in [-0.1, -0.05) is 35.7 Å². The van der Waals surface area contributed by atoms with Crippen LogP contribution in [0.4, 0.5) is 0 Å². The Balaban J connectivity index is 1.57. The molecule has 0 aliphatic carbocycles. The zero-order valence-electron chi connectivity index (χ0n) is 11.5. The highest BCUT2D eigenvalue weighted by atomic mass is 32.2. The maximum absolute atomic E-state index is 11.0. The van der Waals surface area contributed by atoms with E-state index >= 15 is 0 Å². The number of carbonyl (C=O) groups excluding carboxylic acids is 1. The summed E-state index contributed by atoms with van der Waals surface area (Å²) < 4.78 is 12.1. The van der Waals surface area contributed by atoms with E-state index in [0.717, 1.165) is 26.3 Å². The summed E-state index contributed by atoms with van der Waals surface area (Å²) in [5.74, 6) is 0.889. The molecule has 3 aromatic rings. The molecular formula is C13H11N3O3S3. The maximum atomic E-state index is 11.0. The van der Waals surface area contributed by atoms with Gasteiger partial charge in [-0.3, -0.25) is 4.79 Å². The number of hydrogen-bond donors (Lipinski definition) is 0. The van der Waals surface area contributed by atoms with E-state index in [1.54, 1.807) is 23.1 Å². The summed E-state index contributed by atoms with van der Waals surface area (Å²) in [4.78, 5) is 15.6. The van der Waals surface area contributed by atoms with Crippen LogP contribution < -0.4 is 0 Å². The Bertz CT molecular complexity index is 754. The number of para-hydroxylation sites is 1. The van der Waals surface area contributed by atoms with Crippen LogP contribution >= 0.6 is 34.9 Å². The van der Waals surface area contributed by atoms with Crippen LogP contribution in [0.3, 0.4) is 0 Å². The van der Waals surface area contributed by atoms with Crippen molar-refractivity contribution >= 4 is 51.0 Å². The second-order valence-corrected chi connectivity index (χ2v) is 7.24. The van der Waals surface area contributed by atoms with Gasteiger partial charge in [0, 0.05) is 0 Å². The molecule has 0 radical (unpaired) electrons. The number of carbonyl (C=O) groups is 1. The van der Waals surface area contributed by atoms with E-state index in [9.17, 15) is 4.79 Å². The van der Waals surface area contributed by atoms with E-state index in [2.05, 4.69) is 19.9 Å². The average Bonchev–Trinajstić information content (AvgIpc) is 3.16. The molecule has 2 heterocycles. The molecule has 0 atom stereocenters. The molecule has 0 saturated heterocycles. The van der Waals surface area contributed by atoms with Crippen LogP contribution in [0.25, 0.3) is 10.2 Å². The van der Waals surface area contributed by atoms with Crippen LogP contribution in [0.2, 0.25) is 0 Å². The summed E-state index contributed by atoms with van der Waals surface area (Å²) in [7, 11) is 1.34. The van der Waals surface area contributed by atoms with Gasteiger partial charge >= 0.3 is 5.97 Å². The Kier molecular flexibility index (Phi) is 4.96. The van der Waals surface area contributed by atoms with Gasteiger partial charge in [-0.15, -0.1) is 21.5 Å². The van der Waals surface area contributed by atoms with Gasteiger partial charge in [0.1, 0.15) is 5.75 Å². The van der Waals surface area contributed by atoms with Crippen molar-refractivity contribution in [2.45, 2.75) is 15.3 Å².